The molecule has 6 nitrogen and oxygen atoms in total. The Morgan fingerprint density at radius 1 is 1.29 bits per heavy atom. The first-order valence-electron chi connectivity index (χ1n) is 6.85. The molecule has 0 aliphatic carbocycles. The van der Waals surface area contributed by atoms with Gasteiger partial charge in [-0.25, -0.2) is 4.98 Å². The normalized spacial score (nSPS) is 11.9. The predicted octanol–water partition coefficient (Wildman–Crippen LogP) is 1.81. The lowest BCUT2D eigenvalue weighted by Gasteiger charge is -2.16. The summed E-state index contributed by atoms with van der Waals surface area (Å²) in [5.74, 6) is -0.0955. The molecule has 0 fully saturated rings. The van der Waals surface area contributed by atoms with E-state index in [-0.39, 0.29) is 17.9 Å². The number of nitrogens with one attached hydrogen (secondary N) is 3. The van der Waals surface area contributed by atoms with Crippen molar-refractivity contribution in [2.24, 2.45) is 0 Å². The summed E-state index contributed by atoms with van der Waals surface area (Å²) in [6, 6.07) is 0.911. The van der Waals surface area contributed by atoms with E-state index in [2.05, 4.69) is 20.9 Å². The van der Waals surface area contributed by atoms with E-state index in [1.165, 1.54) is 12.3 Å². The minimum Gasteiger partial charge on any atom is -0.369 e. The zero-order chi connectivity index (χ0) is 16.0. The predicted molar refractivity (Wildman–Crippen MR) is 83.6 cm³/mol. The van der Waals surface area contributed by atoms with Gasteiger partial charge in [-0.15, -0.1) is 0 Å². The lowest BCUT2D eigenvalue weighted by atomic mass is 10.2. The number of amides is 2. The van der Waals surface area contributed by atoms with Gasteiger partial charge in [-0.3, -0.25) is 9.59 Å². The summed E-state index contributed by atoms with van der Waals surface area (Å²) in [7, 11) is 0. The molecular formula is C14H21ClN4O2. The van der Waals surface area contributed by atoms with Gasteiger partial charge in [0.2, 0.25) is 5.91 Å². The van der Waals surface area contributed by atoms with Gasteiger partial charge in [0.15, 0.2) is 0 Å². The number of pyridine rings is 1. The largest absolute Gasteiger partial charge is 0.369 e. The van der Waals surface area contributed by atoms with Crippen LogP contribution in [0.2, 0.25) is 5.02 Å². The number of carbonyl (C=O) groups excluding carboxylic acids is 2. The van der Waals surface area contributed by atoms with Crippen LogP contribution in [-0.4, -0.2) is 35.4 Å². The van der Waals surface area contributed by atoms with E-state index in [4.69, 9.17) is 11.6 Å². The van der Waals surface area contributed by atoms with E-state index in [0.717, 1.165) is 0 Å². The standard InChI is InChI=1S/C14H21ClN4O2/c1-5-16-12-11(15)6-10(7-17-12)14(21)19-9(4)13(20)18-8(2)3/h6-9H,5H2,1-4H3,(H,16,17)(H,18,20)(H,19,21). The molecule has 7 heteroatoms. The molecule has 1 heterocycles. The first-order valence-corrected chi connectivity index (χ1v) is 7.23. The minimum absolute atomic E-state index is 0.0207. The Morgan fingerprint density at radius 3 is 2.48 bits per heavy atom. The van der Waals surface area contributed by atoms with E-state index >= 15 is 0 Å². The molecule has 2 amide bonds. The molecule has 0 radical (unpaired) electrons. The van der Waals surface area contributed by atoms with Gasteiger partial charge in [-0.1, -0.05) is 11.6 Å². The van der Waals surface area contributed by atoms with Crippen molar-refractivity contribution in [1.29, 1.82) is 0 Å². The Hall–Kier alpha value is -1.82. The monoisotopic (exact) mass is 312 g/mol. The number of hydrogen-bond acceptors (Lipinski definition) is 4. The molecule has 1 atom stereocenters. The number of rotatable bonds is 6. The third-order valence-corrected chi connectivity index (χ3v) is 2.91. The maximum atomic E-state index is 12.1. The quantitative estimate of drug-likeness (QED) is 0.748. The van der Waals surface area contributed by atoms with Gasteiger partial charge in [0.1, 0.15) is 11.9 Å². The SMILES string of the molecule is CCNc1ncc(C(=O)NC(C)C(=O)NC(C)C)cc1Cl. The summed E-state index contributed by atoms with van der Waals surface area (Å²) in [6.45, 7) is 7.95. The summed E-state index contributed by atoms with van der Waals surface area (Å²) in [5.41, 5.74) is 0.311. The summed E-state index contributed by atoms with van der Waals surface area (Å²) in [5, 5.41) is 8.69. The highest BCUT2D eigenvalue weighted by atomic mass is 35.5. The molecule has 0 aromatic carbocycles. The second-order valence-electron chi connectivity index (χ2n) is 4.94. The number of anilines is 1. The van der Waals surface area contributed by atoms with Crippen molar-refractivity contribution in [3.63, 3.8) is 0 Å². The topological polar surface area (TPSA) is 83.1 Å². The van der Waals surface area contributed by atoms with Crippen LogP contribution in [0.1, 0.15) is 38.1 Å². The van der Waals surface area contributed by atoms with Gasteiger partial charge < -0.3 is 16.0 Å². The van der Waals surface area contributed by atoms with Crippen LogP contribution < -0.4 is 16.0 Å². The highest BCUT2D eigenvalue weighted by Gasteiger charge is 2.18. The van der Waals surface area contributed by atoms with Crippen LogP contribution in [0.15, 0.2) is 12.3 Å². The molecule has 0 bridgehead atoms. The summed E-state index contributed by atoms with van der Waals surface area (Å²) in [4.78, 5) is 27.9. The van der Waals surface area contributed by atoms with Gasteiger partial charge in [0, 0.05) is 18.8 Å². The van der Waals surface area contributed by atoms with Crippen molar-refractivity contribution < 1.29 is 9.59 Å². The zero-order valence-electron chi connectivity index (χ0n) is 12.7. The van der Waals surface area contributed by atoms with E-state index in [1.807, 2.05) is 20.8 Å². The van der Waals surface area contributed by atoms with Crippen molar-refractivity contribution in [2.75, 3.05) is 11.9 Å². The van der Waals surface area contributed by atoms with Crippen LogP contribution in [0.4, 0.5) is 5.82 Å². The lowest BCUT2D eigenvalue weighted by molar-refractivity contribution is -0.123. The molecule has 21 heavy (non-hydrogen) atoms. The van der Waals surface area contributed by atoms with Crippen LogP contribution in [0.25, 0.3) is 0 Å². The van der Waals surface area contributed by atoms with E-state index in [0.29, 0.717) is 22.9 Å². The molecule has 1 unspecified atom stereocenters. The number of halogens is 1. The summed E-state index contributed by atoms with van der Waals surface area (Å²) < 4.78 is 0. The van der Waals surface area contributed by atoms with Crippen LogP contribution in [0, 0.1) is 0 Å². The minimum atomic E-state index is -0.632. The summed E-state index contributed by atoms with van der Waals surface area (Å²) in [6.07, 6.45) is 1.42. The maximum Gasteiger partial charge on any atom is 0.253 e. The second kappa shape index (κ2) is 7.83. The first kappa shape index (κ1) is 17.2. The molecular weight excluding hydrogens is 292 g/mol. The highest BCUT2D eigenvalue weighted by Crippen LogP contribution is 2.19. The van der Waals surface area contributed by atoms with Gasteiger partial charge in [0.25, 0.3) is 5.91 Å². The second-order valence-corrected chi connectivity index (χ2v) is 5.35. The Bertz CT molecular complexity index is 520. The molecule has 0 aliphatic heterocycles. The van der Waals surface area contributed by atoms with Gasteiger partial charge in [0.05, 0.1) is 10.6 Å². The fourth-order valence-corrected chi connectivity index (χ4v) is 1.85. The van der Waals surface area contributed by atoms with Crippen molar-refractivity contribution in [3.8, 4) is 0 Å². The molecule has 116 valence electrons. The van der Waals surface area contributed by atoms with Crippen LogP contribution in [-0.2, 0) is 4.79 Å². The third kappa shape index (κ3) is 5.23. The van der Waals surface area contributed by atoms with E-state index < -0.39 is 6.04 Å². The van der Waals surface area contributed by atoms with Gasteiger partial charge in [-0.2, -0.15) is 0 Å². The van der Waals surface area contributed by atoms with E-state index in [9.17, 15) is 9.59 Å². The number of aromatic nitrogens is 1. The fraction of sp³-hybridized carbons (Fsp3) is 0.500. The smallest absolute Gasteiger partial charge is 0.253 e. The molecule has 3 N–H and O–H groups in total. The lowest BCUT2D eigenvalue weighted by Crippen LogP contribution is -2.46. The molecule has 0 spiro atoms. The van der Waals surface area contributed by atoms with Crippen LogP contribution in [0.3, 0.4) is 0 Å². The van der Waals surface area contributed by atoms with Crippen molar-refractivity contribution >= 4 is 29.2 Å². The molecule has 0 saturated heterocycles. The highest BCUT2D eigenvalue weighted by molar-refractivity contribution is 6.33. The zero-order valence-corrected chi connectivity index (χ0v) is 13.4. The average molecular weight is 313 g/mol. The molecule has 0 saturated carbocycles. The number of carbonyl (C=O) groups is 2. The van der Waals surface area contributed by atoms with Crippen molar-refractivity contribution in [1.82, 2.24) is 15.6 Å². The molecule has 1 aromatic rings. The number of nitrogens with zero attached hydrogens (tertiary/aromatic N) is 1. The fourth-order valence-electron chi connectivity index (χ4n) is 1.61. The molecule has 0 aliphatic rings. The Kier molecular flexibility index (Phi) is 6.42. The maximum absolute atomic E-state index is 12.1. The molecule has 1 rings (SSSR count). The third-order valence-electron chi connectivity index (χ3n) is 2.62. The van der Waals surface area contributed by atoms with Crippen LogP contribution in [0.5, 0.6) is 0 Å². The Morgan fingerprint density at radius 2 is 1.95 bits per heavy atom. The van der Waals surface area contributed by atoms with Crippen molar-refractivity contribution in [2.45, 2.75) is 39.8 Å². The van der Waals surface area contributed by atoms with Gasteiger partial charge in [-0.05, 0) is 33.8 Å². The number of hydrogen-bond donors (Lipinski definition) is 3. The van der Waals surface area contributed by atoms with Crippen LogP contribution >= 0.6 is 11.6 Å². The summed E-state index contributed by atoms with van der Waals surface area (Å²) >= 11 is 6.04. The Balaban J connectivity index is 2.71. The Labute approximate surface area is 129 Å². The van der Waals surface area contributed by atoms with E-state index in [1.54, 1.807) is 6.92 Å². The van der Waals surface area contributed by atoms with Crippen molar-refractivity contribution in [3.05, 3.63) is 22.8 Å². The molecule has 1 aromatic heterocycles. The van der Waals surface area contributed by atoms with Gasteiger partial charge >= 0.3 is 0 Å². The first-order chi connectivity index (χ1) is 9.85. The average Bonchev–Trinajstić information content (AvgIpc) is 2.40.